The molecule has 0 aliphatic carbocycles. The maximum Gasteiger partial charge on any atom is 0.0614 e. The minimum Gasteiger partial charge on any atom is -0.258 e. The molecule has 1 rings (SSSR count). The third-order valence-electron chi connectivity index (χ3n) is 1.92. The van der Waals surface area contributed by atoms with Crippen LogP contribution >= 0.6 is 0 Å². The Morgan fingerprint density at radius 2 is 2.09 bits per heavy atom. The van der Waals surface area contributed by atoms with Crippen molar-refractivity contribution in [1.29, 1.82) is 0 Å². The second-order valence-electron chi connectivity index (χ2n) is 2.89. The van der Waals surface area contributed by atoms with Crippen molar-refractivity contribution in [2.75, 3.05) is 0 Å². The predicted molar refractivity (Wildman–Crippen MR) is 45.5 cm³/mol. The summed E-state index contributed by atoms with van der Waals surface area (Å²) in [6, 6.07) is 0. The van der Waals surface area contributed by atoms with E-state index < -0.39 is 0 Å². The summed E-state index contributed by atoms with van der Waals surface area (Å²) in [7, 11) is 0. The molecule has 11 heavy (non-hydrogen) atoms. The molecule has 0 N–H and O–H groups in total. The molecule has 0 saturated carbocycles. The van der Waals surface area contributed by atoms with Crippen LogP contribution in [0.4, 0.5) is 0 Å². The van der Waals surface area contributed by atoms with Gasteiger partial charge in [0.25, 0.3) is 0 Å². The van der Waals surface area contributed by atoms with Crippen LogP contribution in [0.15, 0.2) is 12.4 Å². The van der Waals surface area contributed by atoms with Gasteiger partial charge in [0.05, 0.1) is 11.4 Å². The van der Waals surface area contributed by atoms with E-state index in [4.69, 9.17) is 0 Å². The zero-order chi connectivity index (χ0) is 8.27. The lowest BCUT2D eigenvalue weighted by Gasteiger charge is -2.05. The van der Waals surface area contributed by atoms with E-state index >= 15 is 0 Å². The fraction of sp³-hybridized carbons (Fsp3) is 0.556. The molecule has 0 amide bonds. The molecule has 0 fully saturated rings. The lowest BCUT2D eigenvalue weighted by molar-refractivity contribution is 0.701. The van der Waals surface area contributed by atoms with Gasteiger partial charge in [0, 0.05) is 12.4 Å². The highest BCUT2D eigenvalue weighted by molar-refractivity contribution is 5.04. The summed E-state index contributed by atoms with van der Waals surface area (Å²) >= 11 is 0. The van der Waals surface area contributed by atoms with Gasteiger partial charge in [-0.25, -0.2) is 0 Å². The normalized spacial score (nSPS) is 13.0. The van der Waals surface area contributed by atoms with E-state index in [1.54, 1.807) is 0 Å². The molecular weight excluding hydrogens is 136 g/mol. The fourth-order valence-corrected chi connectivity index (χ4v) is 0.866. The topological polar surface area (TPSA) is 25.8 Å². The van der Waals surface area contributed by atoms with Crippen LogP contribution < -0.4 is 0 Å². The van der Waals surface area contributed by atoms with Gasteiger partial charge in [-0.15, -0.1) is 0 Å². The van der Waals surface area contributed by atoms with Crippen molar-refractivity contribution in [3.05, 3.63) is 23.8 Å². The van der Waals surface area contributed by atoms with Gasteiger partial charge in [-0.05, 0) is 19.3 Å². The van der Waals surface area contributed by atoms with Crippen LogP contribution in [0.1, 0.15) is 37.6 Å². The average molecular weight is 150 g/mol. The summed E-state index contributed by atoms with van der Waals surface area (Å²) < 4.78 is 0. The molecule has 1 atom stereocenters. The zero-order valence-electron chi connectivity index (χ0n) is 7.33. The molecule has 0 aromatic carbocycles. The van der Waals surface area contributed by atoms with Crippen LogP contribution in [-0.4, -0.2) is 9.97 Å². The number of aryl methyl sites for hydroxylation is 1. The molecule has 1 unspecified atom stereocenters. The summed E-state index contributed by atoms with van der Waals surface area (Å²) in [5.41, 5.74) is 2.08. The predicted octanol–water partition coefficient (Wildman–Crippen LogP) is 2.30. The van der Waals surface area contributed by atoms with Crippen LogP contribution in [0.3, 0.4) is 0 Å². The molecule has 0 bridgehead atoms. The Bertz CT molecular complexity index is 216. The number of hydrogen-bond acceptors (Lipinski definition) is 2. The van der Waals surface area contributed by atoms with Crippen molar-refractivity contribution in [2.45, 2.75) is 33.1 Å². The molecule has 60 valence electrons. The Hall–Kier alpha value is -0.920. The Kier molecular flexibility index (Phi) is 2.58. The molecule has 0 aliphatic rings. The Balaban J connectivity index is 2.81. The van der Waals surface area contributed by atoms with Gasteiger partial charge in [-0.2, -0.15) is 0 Å². The molecule has 0 saturated heterocycles. The molecule has 2 nitrogen and oxygen atoms in total. The first kappa shape index (κ1) is 8.18. The van der Waals surface area contributed by atoms with E-state index in [0.717, 1.165) is 17.8 Å². The first-order chi connectivity index (χ1) is 5.24. The highest BCUT2D eigenvalue weighted by atomic mass is 14.8. The van der Waals surface area contributed by atoms with Crippen LogP contribution in [0, 0.1) is 6.92 Å². The number of rotatable bonds is 2. The number of hydrogen-bond donors (Lipinski definition) is 0. The summed E-state index contributed by atoms with van der Waals surface area (Å²) in [4.78, 5) is 8.47. The van der Waals surface area contributed by atoms with E-state index in [2.05, 4.69) is 23.8 Å². The summed E-state index contributed by atoms with van der Waals surface area (Å²) in [6.07, 6.45) is 4.81. The fourth-order valence-electron chi connectivity index (χ4n) is 0.866. The second kappa shape index (κ2) is 3.46. The van der Waals surface area contributed by atoms with Gasteiger partial charge >= 0.3 is 0 Å². The molecular formula is C9H14N2. The van der Waals surface area contributed by atoms with E-state index in [-0.39, 0.29) is 0 Å². The largest absolute Gasteiger partial charge is 0.258 e. The SMILES string of the molecule is CCC(C)c1cnc(C)cn1. The van der Waals surface area contributed by atoms with Crippen molar-refractivity contribution >= 4 is 0 Å². The molecule has 1 heterocycles. The van der Waals surface area contributed by atoms with Crippen molar-refractivity contribution in [1.82, 2.24) is 9.97 Å². The molecule has 0 spiro atoms. The number of aromatic nitrogens is 2. The van der Waals surface area contributed by atoms with Gasteiger partial charge in [0.2, 0.25) is 0 Å². The Morgan fingerprint density at radius 3 is 2.55 bits per heavy atom. The zero-order valence-corrected chi connectivity index (χ0v) is 7.33. The van der Waals surface area contributed by atoms with E-state index in [9.17, 15) is 0 Å². The standard InChI is InChI=1S/C9H14N2/c1-4-7(2)9-6-10-8(3)5-11-9/h5-7H,4H2,1-3H3. The minimum atomic E-state index is 0.531. The van der Waals surface area contributed by atoms with Crippen molar-refractivity contribution in [2.24, 2.45) is 0 Å². The average Bonchev–Trinajstić information content (AvgIpc) is 2.05. The van der Waals surface area contributed by atoms with Crippen LogP contribution in [0.2, 0.25) is 0 Å². The minimum absolute atomic E-state index is 0.531. The lowest BCUT2D eigenvalue weighted by Crippen LogP contribution is -1.96. The van der Waals surface area contributed by atoms with Gasteiger partial charge in [0.1, 0.15) is 0 Å². The third kappa shape index (κ3) is 2.00. The molecule has 1 aromatic heterocycles. The Morgan fingerprint density at radius 1 is 1.36 bits per heavy atom. The van der Waals surface area contributed by atoms with Gasteiger partial charge in [-0.3, -0.25) is 9.97 Å². The Labute approximate surface area is 67.7 Å². The van der Waals surface area contributed by atoms with Crippen LogP contribution in [0.25, 0.3) is 0 Å². The monoisotopic (exact) mass is 150 g/mol. The maximum absolute atomic E-state index is 4.29. The van der Waals surface area contributed by atoms with Gasteiger partial charge < -0.3 is 0 Å². The summed E-state index contributed by atoms with van der Waals surface area (Å²) in [5, 5.41) is 0. The smallest absolute Gasteiger partial charge is 0.0614 e. The summed E-state index contributed by atoms with van der Waals surface area (Å²) in [6.45, 7) is 6.28. The molecule has 0 aliphatic heterocycles. The maximum atomic E-state index is 4.29. The van der Waals surface area contributed by atoms with Crippen molar-refractivity contribution < 1.29 is 0 Å². The molecule has 1 aromatic rings. The van der Waals surface area contributed by atoms with Crippen molar-refractivity contribution in [3.63, 3.8) is 0 Å². The second-order valence-corrected chi connectivity index (χ2v) is 2.89. The highest BCUT2D eigenvalue weighted by Gasteiger charge is 2.02. The quantitative estimate of drug-likeness (QED) is 0.646. The van der Waals surface area contributed by atoms with Crippen molar-refractivity contribution in [3.8, 4) is 0 Å². The van der Waals surface area contributed by atoms with Crippen LogP contribution in [0.5, 0.6) is 0 Å². The molecule has 0 radical (unpaired) electrons. The first-order valence-corrected chi connectivity index (χ1v) is 4.02. The van der Waals surface area contributed by atoms with Crippen LogP contribution in [-0.2, 0) is 0 Å². The molecule has 2 heteroatoms. The first-order valence-electron chi connectivity index (χ1n) is 4.02. The third-order valence-corrected chi connectivity index (χ3v) is 1.92. The van der Waals surface area contributed by atoms with Gasteiger partial charge in [0.15, 0.2) is 0 Å². The lowest BCUT2D eigenvalue weighted by atomic mass is 10.1. The van der Waals surface area contributed by atoms with E-state index in [0.29, 0.717) is 5.92 Å². The summed E-state index contributed by atoms with van der Waals surface area (Å²) in [5.74, 6) is 0.531. The number of nitrogens with zero attached hydrogens (tertiary/aromatic N) is 2. The highest BCUT2D eigenvalue weighted by Crippen LogP contribution is 2.14. The van der Waals surface area contributed by atoms with Gasteiger partial charge in [-0.1, -0.05) is 13.8 Å². The van der Waals surface area contributed by atoms with E-state index in [1.165, 1.54) is 0 Å². The van der Waals surface area contributed by atoms with E-state index in [1.807, 2.05) is 19.3 Å².